The molecule has 0 saturated carbocycles. The first-order chi connectivity index (χ1) is 8.60. The van der Waals surface area contributed by atoms with Crippen LogP contribution in [0.1, 0.15) is 28.6 Å². The highest BCUT2D eigenvalue weighted by atomic mass is 16.5. The van der Waals surface area contributed by atoms with E-state index in [1.54, 1.807) is 7.05 Å². The molecule has 1 rings (SSSR count). The van der Waals surface area contributed by atoms with Gasteiger partial charge in [0.15, 0.2) is 0 Å². The van der Waals surface area contributed by atoms with Crippen molar-refractivity contribution in [2.75, 3.05) is 20.7 Å². The Kier molecular flexibility index (Phi) is 5.70. The average Bonchev–Trinajstić information content (AvgIpc) is 2.43. The number of methoxy groups -OCH3 is 1. The maximum Gasteiger partial charge on any atom is 0.337 e. The largest absolute Gasteiger partial charge is 0.465 e. The molecule has 2 atom stereocenters. The lowest BCUT2D eigenvalue weighted by Crippen LogP contribution is -2.24. The number of aliphatic hydroxyl groups excluding tert-OH is 2. The minimum absolute atomic E-state index is 0.251. The van der Waals surface area contributed by atoms with E-state index in [2.05, 4.69) is 15.0 Å². The molecular formula is C12H18N2O4. The lowest BCUT2D eigenvalue weighted by atomic mass is 10.1. The summed E-state index contributed by atoms with van der Waals surface area (Å²) in [5.41, 5.74) is 0.545. The molecule has 0 aliphatic carbocycles. The van der Waals surface area contributed by atoms with E-state index >= 15 is 0 Å². The normalized spacial score (nSPS) is 14.0. The standard InChI is InChI=1S/C12H18N2O4/c1-13-5-4-10(15)11(16)9-7-8(3-6-14-9)12(17)18-2/h3,6-7,10-11,13,15-16H,4-5H2,1-2H3. The molecule has 1 aromatic rings. The SMILES string of the molecule is CNCCC(O)C(O)c1cc(C(=O)OC)ccn1. The Labute approximate surface area is 106 Å². The van der Waals surface area contributed by atoms with Gasteiger partial charge in [0.1, 0.15) is 6.10 Å². The first-order valence-electron chi connectivity index (χ1n) is 5.65. The lowest BCUT2D eigenvalue weighted by Gasteiger charge is -2.17. The Hall–Kier alpha value is -1.50. The van der Waals surface area contributed by atoms with Crippen molar-refractivity contribution in [2.24, 2.45) is 0 Å². The minimum Gasteiger partial charge on any atom is -0.465 e. The molecule has 0 spiro atoms. The van der Waals surface area contributed by atoms with Crippen molar-refractivity contribution in [2.45, 2.75) is 18.6 Å². The van der Waals surface area contributed by atoms with Crippen molar-refractivity contribution < 1.29 is 19.7 Å². The van der Waals surface area contributed by atoms with Gasteiger partial charge in [-0.3, -0.25) is 4.98 Å². The van der Waals surface area contributed by atoms with Crippen LogP contribution in [0.3, 0.4) is 0 Å². The van der Waals surface area contributed by atoms with Crippen LogP contribution >= 0.6 is 0 Å². The molecule has 0 aromatic carbocycles. The number of nitrogens with zero attached hydrogens (tertiary/aromatic N) is 1. The van der Waals surface area contributed by atoms with Crippen LogP contribution in [0.5, 0.6) is 0 Å². The zero-order chi connectivity index (χ0) is 13.5. The summed E-state index contributed by atoms with van der Waals surface area (Å²) in [6, 6.07) is 2.90. The number of pyridine rings is 1. The van der Waals surface area contributed by atoms with Gasteiger partial charge in [0.05, 0.1) is 24.5 Å². The Balaban J connectivity index is 2.79. The molecule has 2 unspecified atom stereocenters. The zero-order valence-electron chi connectivity index (χ0n) is 10.5. The number of rotatable bonds is 6. The molecular weight excluding hydrogens is 236 g/mol. The fourth-order valence-electron chi connectivity index (χ4n) is 1.50. The summed E-state index contributed by atoms with van der Waals surface area (Å²) in [6.07, 6.45) is -0.266. The number of carbonyl (C=O) groups excluding carboxylic acids is 1. The summed E-state index contributed by atoms with van der Waals surface area (Å²) in [5.74, 6) is -0.504. The van der Waals surface area contributed by atoms with E-state index in [0.29, 0.717) is 18.5 Å². The van der Waals surface area contributed by atoms with Crippen molar-refractivity contribution in [3.05, 3.63) is 29.6 Å². The monoisotopic (exact) mass is 254 g/mol. The molecule has 0 aliphatic heterocycles. The second kappa shape index (κ2) is 7.05. The van der Waals surface area contributed by atoms with Crippen LogP contribution < -0.4 is 5.32 Å². The summed E-state index contributed by atoms with van der Waals surface area (Å²) in [7, 11) is 3.04. The molecule has 18 heavy (non-hydrogen) atoms. The molecule has 0 fully saturated rings. The van der Waals surface area contributed by atoms with E-state index in [-0.39, 0.29) is 5.69 Å². The number of aromatic nitrogens is 1. The smallest absolute Gasteiger partial charge is 0.337 e. The van der Waals surface area contributed by atoms with Crippen LogP contribution in [0, 0.1) is 0 Å². The molecule has 6 heteroatoms. The summed E-state index contributed by atoms with van der Waals surface area (Å²) in [5, 5.41) is 22.5. The Morgan fingerprint density at radius 3 is 2.89 bits per heavy atom. The van der Waals surface area contributed by atoms with Crippen LogP contribution in [0.15, 0.2) is 18.3 Å². The van der Waals surface area contributed by atoms with Crippen molar-refractivity contribution >= 4 is 5.97 Å². The lowest BCUT2D eigenvalue weighted by molar-refractivity contribution is 0.0114. The highest BCUT2D eigenvalue weighted by molar-refractivity contribution is 5.89. The third-order valence-corrected chi connectivity index (χ3v) is 2.56. The molecule has 3 N–H and O–H groups in total. The predicted octanol–water partition coefficient (Wildman–Crippen LogP) is -0.128. The van der Waals surface area contributed by atoms with Crippen molar-refractivity contribution in [1.82, 2.24) is 10.3 Å². The molecule has 6 nitrogen and oxygen atoms in total. The number of aliphatic hydroxyl groups is 2. The van der Waals surface area contributed by atoms with E-state index in [9.17, 15) is 15.0 Å². The van der Waals surface area contributed by atoms with Gasteiger partial charge in [-0.2, -0.15) is 0 Å². The highest BCUT2D eigenvalue weighted by Crippen LogP contribution is 2.17. The Morgan fingerprint density at radius 1 is 1.56 bits per heavy atom. The topological polar surface area (TPSA) is 91.7 Å². The minimum atomic E-state index is -1.12. The third-order valence-electron chi connectivity index (χ3n) is 2.56. The first kappa shape index (κ1) is 14.6. The molecule has 0 amide bonds. The number of hydrogen-bond acceptors (Lipinski definition) is 6. The average molecular weight is 254 g/mol. The molecule has 0 aliphatic rings. The van der Waals surface area contributed by atoms with Gasteiger partial charge in [-0.25, -0.2) is 4.79 Å². The number of carbonyl (C=O) groups is 1. The van der Waals surface area contributed by atoms with E-state index in [0.717, 1.165) is 0 Å². The summed E-state index contributed by atoms with van der Waals surface area (Å²) in [6.45, 7) is 0.578. The van der Waals surface area contributed by atoms with Gasteiger partial charge in [-0.05, 0) is 32.1 Å². The van der Waals surface area contributed by atoms with Gasteiger partial charge in [-0.15, -0.1) is 0 Å². The number of esters is 1. The Bertz CT molecular complexity index is 397. The second-order valence-electron chi connectivity index (χ2n) is 3.87. The molecule has 100 valence electrons. The second-order valence-corrected chi connectivity index (χ2v) is 3.87. The van der Waals surface area contributed by atoms with Gasteiger partial charge in [0.2, 0.25) is 0 Å². The predicted molar refractivity (Wildman–Crippen MR) is 65.1 cm³/mol. The van der Waals surface area contributed by atoms with Crippen LogP contribution in [-0.2, 0) is 4.74 Å². The van der Waals surface area contributed by atoms with Gasteiger partial charge < -0.3 is 20.3 Å². The fraction of sp³-hybridized carbons (Fsp3) is 0.500. The van der Waals surface area contributed by atoms with E-state index in [1.165, 1.54) is 25.4 Å². The first-order valence-corrected chi connectivity index (χ1v) is 5.65. The highest BCUT2D eigenvalue weighted by Gasteiger charge is 2.20. The number of nitrogens with one attached hydrogen (secondary N) is 1. The summed E-state index contributed by atoms with van der Waals surface area (Å²) >= 11 is 0. The van der Waals surface area contributed by atoms with Crippen LogP contribution in [0.25, 0.3) is 0 Å². The van der Waals surface area contributed by atoms with Gasteiger partial charge in [0.25, 0.3) is 0 Å². The maximum atomic E-state index is 11.3. The summed E-state index contributed by atoms with van der Waals surface area (Å²) in [4.78, 5) is 15.3. The molecule has 0 radical (unpaired) electrons. The quantitative estimate of drug-likeness (QED) is 0.613. The van der Waals surface area contributed by atoms with Gasteiger partial charge >= 0.3 is 5.97 Å². The molecule has 1 aromatic heterocycles. The maximum absolute atomic E-state index is 11.3. The van der Waals surface area contributed by atoms with Crippen LogP contribution in [0.2, 0.25) is 0 Å². The molecule has 0 saturated heterocycles. The number of ether oxygens (including phenoxy) is 1. The van der Waals surface area contributed by atoms with Crippen LogP contribution in [-0.4, -0.2) is 48.0 Å². The fourth-order valence-corrected chi connectivity index (χ4v) is 1.50. The zero-order valence-corrected chi connectivity index (χ0v) is 10.5. The Morgan fingerprint density at radius 2 is 2.28 bits per heavy atom. The van der Waals surface area contributed by atoms with E-state index in [4.69, 9.17) is 0 Å². The van der Waals surface area contributed by atoms with E-state index < -0.39 is 18.2 Å². The van der Waals surface area contributed by atoms with Crippen molar-refractivity contribution in [3.8, 4) is 0 Å². The molecule has 1 heterocycles. The number of hydrogen-bond donors (Lipinski definition) is 3. The van der Waals surface area contributed by atoms with Gasteiger partial charge in [-0.1, -0.05) is 0 Å². The summed E-state index contributed by atoms with van der Waals surface area (Å²) < 4.78 is 4.58. The van der Waals surface area contributed by atoms with E-state index in [1.807, 2.05) is 0 Å². The third kappa shape index (κ3) is 3.76. The van der Waals surface area contributed by atoms with Crippen LogP contribution in [0.4, 0.5) is 0 Å². The van der Waals surface area contributed by atoms with Gasteiger partial charge in [0, 0.05) is 6.20 Å². The van der Waals surface area contributed by atoms with Crippen molar-refractivity contribution in [1.29, 1.82) is 0 Å². The van der Waals surface area contributed by atoms with Crippen molar-refractivity contribution in [3.63, 3.8) is 0 Å². The molecule has 0 bridgehead atoms.